The quantitative estimate of drug-likeness (QED) is 0.504. The Morgan fingerprint density at radius 2 is 1.63 bits per heavy atom. The van der Waals surface area contributed by atoms with Crippen LogP contribution in [0.4, 0.5) is 0 Å². The van der Waals surface area contributed by atoms with Gasteiger partial charge in [0.05, 0.1) is 10.6 Å². The molecule has 0 atom stereocenters. The van der Waals surface area contributed by atoms with Gasteiger partial charge in [-0.3, -0.25) is 19.2 Å². The van der Waals surface area contributed by atoms with Crippen LogP contribution in [0.5, 0.6) is 0 Å². The van der Waals surface area contributed by atoms with Crippen molar-refractivity contribution in [1.82, 2.24) is 10.0 Å². The van der Waals surface area contributed by atoms with Crippen molar-refractivity contribution < 1.29 is 19.2 Å². The van der Waals surface area contributed by atoms with Crippen molar-refractivity contribution in [2.45, 2.75) is 33.1 Å². The number of hydrogen-bond donors (Lipinski definition) is 0. The van der Waals surface area contributed by atoms with Gasteiger partial charge >= 0.3 is 0 Å². The van der Waals surface area contributed by atoms with E-state index in [-0.39, 0.29) is 23.4 Å². The van der Waals surface area contributed by atoms with E-state index in [0.29, 0.717) is 17.0 Å². The van der Waals surface area contributed by atoms with E-state index < -0.39 is 30.0 Å². The Kier molecular flexibility index (Phi) is 6.58. The van der Waals surface area contributed by atoms with Gasteiger partial charge in [-0.2, -0.15) is 5.01 Å². The van der Waals surface area contributed by atoms with Crippen molar-refractivity contribution in [2.75, 3.05) is 6.54 Å². The van der Waals surface area contributed by atoms with E-state index in [1.165, 1.54) is 18.2 Å². The maximum Gasteiger partial charge on any atom is 0.274 e. The van der Waals surface area contributed by atoms with E-state index in [1.54, 1.807) is 12.1 Å². The molecule has 1 heterocycles. The number of carbonyl (C=O) groups is 4. The van der Waals surface area contributed by atoms with Crippen LogP contribution in [0, 0.1) is 13.8 Å². The van der Waals surface area contributed by atoms with Crippen LogP contribution in [-0.2, 0) is 9.59 Å². The summed E-state index contributed by atoms with van der Waals surface area (Å²) < 4.78 is 0. The lowest BCUT2D eigenvalue weighted by Gasteiger charge is -2.35. The first-order valence-corrected chi connectivity index (χ1v) is 10.2. The number of aryl methyl sites for hydroxylation is 2. The number of piperidine rings is 1. The van der Waals surface area contributed by atoms with E-state index in [2.05, 4.69) is 0 Å². The predicted molar refractivity (Wildman–Crippen MR) is 113 cm³/mol. The van der Waals surface area contributed by atoms with E-state index in [0.717, 1.165) is 21.1 Å². The minimum Gasteiger partial charge on any atom is -0.292 e. The van der Waals surface area contributed by atoms with Gasteiger partial charge in [-0.25, -0.2) is 5.01 Å². The first kappa shape index (κ1) is 22.0. The van der Waals surface area contributed by atoms with Gasteiger partial charge < -0.3 is 0 Å². The van der Waals surface area contributed by atoms with Gasteiger partial charge in [0.15, 0.2) is 5.78 Å². The molecule has 156 valence electrons. The molecular weight excluding hydrogens is 427 g/mol. The van der Waals surface area contributed by atoms with Gasteiger partial charge in [0.1, 0.15) is 6.54 Å². The first-order chi connectivity index (χ1) is 14.2. The lowest BCUT2D eigenvalue weighted by Crippen LogP contribution is -2.56. The molecule has 0 unspecified atom stereocenters. The van der Waals surface area contributed by atoms with Crippen LogP contribution in [0.15, 0.2) is 36.4 Å². The number of nitrogens with zero attached hydrogens (tertiary/aromatic N) is 2. The molecule has 0 aliphatic carbocycles. The normalized spacial score (nSPS) is 14.1. The molecule has 0 aromatic heterocycles. The molecule has 0 radical (unpaired) electrons. The van der Waals surface area contributed by atoms with Crippen LogP contribution in [0.2, 0.25) is 10.0 Å². The average molecular weight is 447 g/mol. The van der Waals surface area contributed by atoms with Crippen LogP contribution in [0.1, 0.15) is 51.1 Å². The molecule has 0 spiro atoms. The molecule has 0 N–H and O–H groups in total. The lowest BCUT2D eigenvalue weighted by molar-refractivity contribution is -0.162. The minimum absolute atomic E-state index is 0.0418. The number of ketones is 1. The van der Waals surface area contributed by atoms with Crippen molar-refractivity contribution in [1.29, 1.82) is 0 Å². The molecule has 8 heteroatoms. The molecule has 3 rings (SSSR count). The minimum atomic E-state index is -0.725. The summed E-state index contributed by atoms with van der Waals surface area (Å²) in [5.74, 6) is -2.18. The Balaban J connectivity index is 1.99. The monoisotopic (exact) mass is 446 g/mol. The van der Waals surface area contributed by atoms with Gasteiger partial charge in [0.2, 0.25) is 11.8 Å². The smallest absolute Gasteiger partial charge is 0.274 e. The summed E-state index contributed by atoms with van der Waals surface area (Å²) in [4.78, 5) is 51.2. The van der Waals surface area contributed by atoms with E-state index in [9.17, 15) is 19.2 Å². The molecular formula is C22H20Cl2N2O4. The maximum atomic E-state index is 13.3. The van der Waals surface area contributed by atoms with Gasteiger partial charge in [-0.05, 0) is 55.7 Å². The molecule has 30 heavy (non-hydrogen) atoms. The molecule has 3 amide bonds. The maximum absolute atomic E-state index is 13.3. The van der Waals surface area contributed by atoms with Gasteiger partial charge in [0, 0.05) is 23.4 Å². The third-order valence-corrected chi connectivity index (χ3v) is 5.56. The second kappa shape index (κ2) is 8.98. The zero-order valence-electron chi connectivity index (χ0n) is 16.6. The summed E-state index contributed by atoms with van der Waals surface area (Å²) in [6.07, 6.45) is 0.631. The molecule has 0 saturated carbocycles. The second-order valence-electron chi connectivity index (χ2n) is 7.16. The topological polar surface area (TPSA) is 74.8 Å². The van der Waals surface area contributed by atoms with Gasteiger partial charge in [0.25, 0.3) is 5.91 Å². The van der Waals surface area contributed by atoms with Crippen molar-refractivity contribution >= 4 is 46.7 Å². The Morgan fingerprint density at radius 3 is 2.23 bits per heavy atom. The predicted octanol–water partition coefficient (Wildman–Crippen LogP) is 4.39. The number of imide groups is 1. The summed E-state index contributed by atoms with van der Waals surface area (Å²) in [5.41, 5.74) is 2.37. The van der Waals surface area contributed by atoms with Gasteiger partial charge in [-0.1, -0.05) is 35.3 Å². The fourth-order valence-electron chi connectivity index (χ4n) is 3.19. The lowest BCUT2D eigenvalue weighted by atomic mass is 10.0. The van der Waals surface area contributed by atoms with Crippen LogP contribution in [0.3, 0.4) is 0 Å². The number of hydrogen-bond acceptors (Lipinski definition) is 4. The van der Waals surface area contributed by atoms with E-state index >= 15 is 0 Å². The molecule has 1 saturated heterocycles. The third kappa shape index (κ3) is 4.55. The van der Waals surface area contributed by atoms with Crippen LogP contribution in [0.25, 0.3) is 0 Å². The third-order valence-electron chi connectivity index (χ3n) is 5.01. The van der Waals surface area contributed by atoms with Crippen molar-refractivity contribution in [2.24, 2.45) is 0 Å². The van der Waals surface area contributed by atoms with Crippen molar-refractivity contribution in [3.8, 4) is 0 Å². The summed E-state index contributed by atoms with van der Waals surface area (Å²) in [6.45, 7) is 3.32. The van der Waals surface area contributed by atoms with Crippen LogP contribution >= 0.6 is 23.2 Å². The van der Waals surface area contributed by atoms with Crippen molar-refractivity contribution in [3.63, 3.8) is 0 Å². The standard InChI is InChI=1S/C22H20Cl2N2O4/c1-13-6-7-15(10-14(13)2)19(27)12-25(26-20(28)4-3-5-21(26)29)22(30)17-9-8-16(23)11-18(17)24/h6-11H,3-5,12H2,1-2H3. The molecule has 1 fully saturated rings. The number of amides is 3. The highest BCUT2D eigenvalue weighted by Gasteiger charge is 2.36. The Bertz CT molecular complexity index is 1040. The fourth-order valence-corrected chi connectivity index (χ4v) is 3.68. The SMILES string of the molecule is Cc1ccc(C(=O)CN(C(=O)c2ccc(Cl)cc2Cl)N2C(=O)CCCC2=O)cc1C. The van der Waals surface area contributed by atoms with Gasteiger partial charge in [-0.15, -0.1) is 0 Å². The molecule has 2 aromatic carbocycles. The number of Topliss-reactive ketones (excluding diaryl/α,β-unsaturated/α-hetero) is 1. The average Bonchev–Trinajstić information content (AvgIpc) is 2.68. The Labute approximate surface area is 184 Å². The number of halogens is 2. The van der Waals surface area contributed by atoms with E-state index in [4.69, 9.17) is 23.2 Å². The summed E-state index contributed by atoms with van der Waals surface area (Å²) >= 11 is 12.1. The molecule has 1 aliphatic rings. The second-order valence-corrected chi connectivity index (χ2v) is 8.01. The molecule has 2 aromatic rings. The first-order valence-electron chi connectivity index (χ1n) is 9.42. The fraction of sp³-hybridized carbons (Fsp3) is 0.273. The Morgan fingerprint density at radius 1 is 0.967 bits per heavy atom. The molecule has 1 aliphatic heterocycles. The van der Waals surface area contributed by atoms with Crippen LogP contribution < -0.4 is 0 Å². The Hall–Kier alpha value is -2.70. The summed E-state index contributed by atoms with van der Waals surface area (Å²) in [7, 11) is 0. The zero-order chi connectivity index (χ0) is 22.0. The number of hydrazine groups is 1. The number of carbonyl (C=O) groups excluding carboxylic acids is 4. The zero-order valence-corrected chi connectivity index (χ0v) is 18.1. The largest absolute Gasteiger partial charge is 0.292 e. The highest BCUT2D eigenvalue weighted by atomic mass is 35.5. The molecule has 0 bridgehead atoms. The van der Waals surface area contributed by atoms with Crippen molar-refractivity contribution in [3.05, 3.63) is 68.7 Å². The summed E-state index contributed by atoms with van der Waals surface area (Å²) in [5, 5.41) is 2.05. The van der Waals surface area contributed by atoms with E-state index in [1.807, 2.05) is 19.9 Å². The number of rotatable bonds is 5. The summed E-state index contributed by atoms with van der Waals surface area (Å²) in [6, 6.07) is 9.45. The van der Waals surface area contributed by atoms with Crippen LogP contribution in [-0.4, -0.2) is 40.1 Å². The highest BCUT2D eigenvalue weighted by Crippen LogP contribution is 2.25. The number of benzene rings is 2. The highest BCUT2D eigenvalue weighted by molar-refractivity contribution is 6.36. The molecule has 6 nitrogen and oxygen atoms in total.